The molecule has 39 heavy (non-hydrogen) atoms. The van der Waals surface area contributed by atoms with Crippen LogP contribution in [0, 0.1) is 6.92 Å². The summed E-state index contributed by atoms with van der Waals surface area (Å²) >= 11 is 0. The summed E-state index contributed by atoms with van der Waals surface area (Å²) < 4.78 is 23.3. The van der Waals surface area contributed by atoms with E-state index in [2.05, 4.69) is 5.32 Å². The number of ether oxygens (including phenoxy) is 3. The number of methoxy groups -OCH3 is 1. The monoisotopic (exact) mass is 535 g/mol. The van der Waals surface area contributed by atoms with Gasteiger partial charge in [0, 0.05) is 24.7 Å². The average Bonchev–Trinajstić information content (AvgIpc) is 2.93. The number of hydrogen-bond donors (Lipinski definition) is 2. The van der Waals surface area contributed by atoms with Crippen LogP contribution in [0.1, 0.15) is 86.2 Å². The predicted octanol–water partition coefficient (Wildman–Crippen LogP) is 6.42. The number of aromatic hydroxyl groups is 1. The molecule has 0 unspecified atom stereocenters. The van der Waals surface area contributed by atoms with Gasteiger partial charge in [-0.15, -0.1) is 0 Å². The van der Waals surface area contributed by atoms with Gasteiger partial charge in [0.05, 0.1) is 17.1 Å². The maximum atomic E-state index is 12.9. The van der Waals surface area contributed by atoms with Gasteiger partial charge in [0.15, 0.2) is 11.4 Å². The van der Waals surface area contributed by atoms with E-state index in [9.17, 15) is 14.7 Å². The van der Waals surface area contributed by atoms with Crippen molar-refractivity contribution in [3.05, 3.63) is 63.5 Å². The van der Waals surface area contributed by atoms with E-state index in [0.29, 0.717) is 34.6 Å². The Morgan fingerprint density at radius 1 is 1.03 bits per heavy atom. The lowest BCUT2D eigenvalue weighted by atomic mass is 9.84. The third-order valence-corrected chi connectivity index (χ3v) is 8.15. The smallest absolute Gasteiger partial charge is 0.364 e. The number of aryl methyl sites for hydroxylation is 1. The highest BCUT2D eigenvalue weighted by molar-refractivity contribution is 6.06. The molecule has 8 heteroatoms. The SMILES string of the molecule is CO[C@@H]1CC[C@H](Oc2ccc3c(O)c(NC(=O)c4ccc(C5CCCCC5)cc4)c(=O)oc3c2C)OC1(C)C. The Hall–Kier alpha value is -3.36. The van der Waals surface area contributed by atoms with Crippen molar-refractivity contribution < 1.29 is 28.5 Å². The van der Waals surface area contributed by atoms with Crippen LogP contribution in [-0.4, -0.2) is 36.1 Å². The molecule has 1 aliphatic carbocycles. The van der Waals surface area contributed by atoms with Crippen LogP contribution in [0.2, 0.25) is 0 Å². The van der Waals surface area contributed by atoms with Crippen molar-refractivity contribution in [3.63, 3.8) is 0 Å². The van der Waals surface area contributed by atoms with E-state index < -0.39 is 23.4 Å². The minimum absolute atomic E-state index is 0.0338. The largest absolute Gasteiger partial charge is 0.505 e. The fourth-order valence-electron chi connectivity index (χ4n) is 5.87. The van der Waals surface area contributed by atoms with Crippen LogP contribution in [0.5, 0.6) is 11.5 Å². The lowest BCUT2D eigenvalue weighted by Crippen LogP contribution is -2.49. The molecule has 2 fully saturated rings. The molecule has 2 atom stereocenters. The fourth-order valence-corrected chi connectivity index (χ4v) is 5.87. The molecule has 3 aromatic rings. The number of carbonyl (C=O) groups excluding carboxylic acids is 1. The summed E-state index contributed by atoms with van der Waals surface area (Å²) in [7, 11) is 1.67. The van der Waals surface area contributed by atoms with Crippen molar-refractivity contribution in [1.29, 1.82) is 0 Å². The van der Waals surface area contributed by atoms with Crippen molar-refractivity contribution in [1.82, 2.24) is 0 Å². The van der Waals surface area contributed by atoms with E-state index in [1.54, 1.807) is 38.3 Å². The highest BCUT2D eigenvalue weighted by atomic mass is 16.7. The topological polar surface area (TPSA) is 107 Å². The zero-order chi connectivity index (χ0) is 27.7. The first-order valence-electron chi connectivity index (χ1n) is 13.8. The highest BCUT2D eigenvalue weighted by Crippen LogP contribution is 2.38. The van der Waals surface area contributed by atoms with Crippen LogP contribution < -0.4 is 15.7 Å². The number of rotatable bonds is 6. The fraction of sp³-hybridized carbons (Fsp3) is 0.484. The number of fused-ring (bicyclic) bond motifs is 1. The average molecular weight is 536 g/mol. The molecule has 1 aromatic heterocycles. The molecule has 0 radical (unpaired) electrons. The maximum absolute atomic E-state index is 12.9. The Balaban J connectivity index is 1.34. The van der Waals surface area contributed by atoms with Crippen molar-refractivity contribution in [2.45, 2.75) is 89.6 Å². The first-order valence-corrected chi connectivity index (χ1v) is 13.8. The molecule has 0 spiro atoms. The third-order valence-electron chi connectivity index (χ3n) is 8.15. The van der Waals surface area contributed by atoms with Crippen molar-refractivity contribution in [2.75, 3.05) is 12.4 Å². The van der Waals surface area contributed by atoms with Crippen LogP contribution in [-0.2, 0) is 9.47 Å². The summed E-state index contributed by atoms with van der Waals surface area (Å²) in [4.78, 5) is 25.8. The second-order valence-corrected chi connectivity index (χ2v) is 11.2. The predicted molar refractivity (Wildman–Crippen MR) is 149 cm³/mol. The zero-order valence-electron chi connectivity index (χ0n) is 23.0. The third kappa shape index (κ3) is 5.54. The van der Waals surface area contributed by atoms with E-state index in [1.165, 1.54) is 37.7 Å². The standard InChI is InChI=1S/C31H37NO7/c1-18-23(37-25-17-16-24(36-4)31(2,3)39-25)15-14-22-27(33)26(30(35)38-28(18)22)32-29(34)21-12-10-20(11-13-21)19-8-6-5-7-9-19/h10-15,19,24-25,33H,5-9,16-17H2,1-4H3,(H,32,34)/t24-,25-/m1/s1. The normalized spacial score (nSPS) is 21.5. The molecular formula is C31H37NO7. The van der Waals surface area contributed by atoms with Crippen LogP contribution in [0.15, 0.2) is 45.6 Å². The molecule has 1 saturated carbocycles. The van der Waals surface area contributed by atoms with Crippen molar-refractivity contribution in [2.24, 2.45) is 0 Å². The molecule has 1 saturated heterocycles. The van der Waals surface area contributed by atoms with E-state index >= 15 is 0 Å². The van der Waals surface area contributed by atoms with Gasteiger partial charge in [-0.3, -0.25) is 4.79 Å². The molecule has 1 aliphatic heterocycles. The van der Waals surface area contributed by atoms with Gasteiger partial charge in [-0.2, -0.15) is 0 Å². The van der Waals surface area contributed by atoms with E-state index in [0.717, 1.165) is 6.42 Å². The Bertz CT molecular complexity index is 1400. The number of hydrogen-bond acceptors (Lipinski definition) is 7. The van der Waals surface area contributed by atoms with Crippen molar-refractivity contribution in [3.8, 4) is 11.5 Å². The summed E-state index contributed by atoms with van der Waals surface area (Å²) in [6.45, 7) is 5.67. The molecule has 2 N–H and O–H groups in total. The first kappa shape index (κ1) is 27.2. The highest BCUT2D eigenvalue weighted by Gasteiger charge is 2.39. The lowest BCUT2D eigenvalue weighted by Gasteiger charge is -2.41. The molecular weight excluding hydrogens is 498 g/mol. The van der Waals surface area contributed by atoms with E-state index in [1.807, 2.05) is 26.0 Å². The van der Waals surface area contributed by atoms with Gasteiger partial charge in [0.2, 0.25) is 6.29 Å². The summed E-state index contributed by atoms with van der Waals surface area (Å²) in [6, 6.07) is 10.8. The number of nitrogens with one attached hydrogen (secondary N) is 1. The first-order chi connectivity index (χ1) is 18.7. The number of carbonyl (C=O) groups is 1. The van der Waals surface area contributed by atoms with Crippen LogP contribution in [0.3, 0.4) is 0 Å². The van der Waals surface area contributed by atoms with Gasteiger partial charge in [-0.25, -0.2) is 4.79 Å². The van der Waals surface area contributed by atoms with E-state index in [4.69, 9.17) is 18.6 Å². The van der Waals surface area contributed by atoms with Crippen molar-refractivity contribution >= 4 is 22.6 Å². The Morgan fingerprint density at radius 2 is 1.74 bits per heavy atom. The second kappa shape index (κ2) is 11.0. The van der Waals surface area contributed by atoms with Gasteiger partial charge in [0.1, 0.15) is 11.3 Å². The number of benzene rings is 2. The summed E-state index contributed by atoms with van der Waals surface area (Å²) in [5, 5.41) is 13.8. The quantitative estimate of drug-likeness (QED) is 0.351. The molecule has 2 heterocycles. The summed E-state index contributed by atoms with van der Waals surface area (Å²) in [6.07, 6.45) is 6.99. The minimum atomic E-state index is -0.842. The Morgan fingerprint density at radius 3 is 2.41 bits per heavy atom. The van der Waals surface area contributed by atoms with Gasteiger partial charge in [-0.05, 0) is 75.8 Å². The minimum Gasteiger partial charge on any atom is -0.505 e. The van der Waals surface area contributed by atoms with E-state index in [-0.39, 0.29) is 23.1 Å². The van der Waals surface area contributed by atoms with Crippen LogP contribution in [0.4, 0.5) is 5.69 Å². The number of amides is 1. The lowest BCUT2D eigenvalue weighted by molar-refractivity contribution is -0.233. The molecule has 1 amide bonds. The molecule has 2 aliphatic rings. The maximum Gasteiger partial charge on any atom is 0.364 e. The zero-order valence-corrected chi connectivity index (χ0v) is 23.0. The Labute approximate surface area is 228 Å². The van der Waals surface area contributed by atoms with Gasteiger partial charge < -0.3 is 29.1 Å². The summed E-state index contributed by atoms with van der Waals surface area (Å²) in [5.74, 6) is 0.177. The van der Waals surface area contributed by atoms with Gasteiger partial charge >= 0.3 is 5.63 Å². The van der Waals surface area contributed by atoms with Gasteiger partial charge in [-0.1, -0.05) is 31.4 Å². The molecule has 208 valence electrons. The second-order valence-electron chi connectivity index (χ2n) is 11.2. The van der Waals surface area contributed by atoms with Crippen LogP contribution in [0.25, 0.3) is 11.0 Å². The molecule has 8 nitrogen and oxygen atoms in total. The summed E-state index contributed by atoms with van der Waals surface area (Å²) in [5.41, 5.74) is 0.718. The van der Waals surface area contributed by atoms with Gasteiger partial charge in [0.25, 0.3) is 5.91 Å². The molecule has 2 aromatic carbocycles. The Kier molecular flexibility index (Phi) is 7.69. The van der Waals surface area contributed by atoms with Crippen LogP contribution >= 0.6 is 0 Å². The molecule has 0 bridgehead atoms. The molecule has 5 rings (SSSR count). The number of anilines is 1.